The van der Waals surface area contributed by atoms with E-state index in [2.05, 4.69) is 19.9 Å². The van der Waals surface area contributed by atoms with Crippen molar-refractivity contribution in [1.82, 2.24) is 24.5 Å². The van der Waals surface area contributed by atoms with E-state index in [-0.39, 0.29) is 22.9 Å². The van der Waals surface area contributed by atoms with Crippen LogP contribution < -0.4 is 0 Å². The van der Waals surface area contributed by atoms with Crippen LogP contribution in [0.5, 0.6) is 0 Å². The number of carbonyl (C=O) groups excluding carboxylic acids is 2. The van der Waals surface area contributed by atoms with Gasteiger partial charge in [-0.25, -0.2) is 9.97 Å². The van der Waals surface area contributed by atoms with Gasteiger partial charge in [-0.2, -0.15) is 9.97 Å². The van der Waals surface area contributed by atoms with Gasteiger partial charge in [0.15, 0.2) is 11.6 Å². The van der Waals surface area contributed by atoms with Crippen LogP contribution in [-0.4, -0.2) is 36.1 Å². The number of ketones is 2. The summed E-state index contributed by atoms with van der Waals surface area (Å²) in [6.45, 7) is 0. The fraction of sp³-hybridized carbons (Fsp3) is 0. The van der Waals surface area contributed by atoms with Crippen LogP contribution >= 0.6 is 0 Å². The van der Waals surface area contributed by atoms with E-state index < -0.39 is 0 Å². The van der Waals surface area contributed by atoms with Crippen LogP contribution in [0.25, 0.3) is 45.4 Å². The van der Waals surface area contributed by atoms with E-state index in [0.29, 0.717) is 34.2 Å². The molecule has 7 rings (SSSR count). The van der Waals surface area contributed by atoms with Gasteiger partial charge in [0.25, 0.3) is 5.71 Å². The van der Waals surface area contributed by atoms with E-state index in [9.17, 15) is 9.59 Å². The molecule has 0 bridgehead atoms. The molecule has 0 fully saturated rings. The van der Waals surface area contributed by atoms with Crippen molar-refractivity contribution < 1.29 is 14.0 Å². The molecule has 0 N–H and O–H groups in total. The van der Waals surface area contributed by atoms with Crippen LogP contribution in [0, 0.1) is 0 Å². The van der Waals surface area contributed by atoms with E-state index in [0.717, 1.165) is 16.3 Å². The molecule has 3 aromatic heterocycles. The second kappa shape index (κ2) is 7.64. The first-order chi connectivity index (χ1) is 17.7. The number of hydrogen-bond acceptors (Lipinski definition) is 7. The minimum atomic E-state index is -0.339. The highest BCUT2D eigenvalue weighted by Crippen LogP contribution is 2.33. The average Bonchev–Trinajstić information content (AvgIpc) is 3.55. The molecule has 0 saturated heterocycles. The molecule has 36 heavy (non-hydrogen) atoms. The first-order valence-electron chi connectivity index (χ1n) is 11.2. The number of rotatable bonds is 3. The lowest BCUT2D eigenvalue weighted by atomic mass is 10.0. The number of hydrogen-bond donors (Lipinski definition) is 0. The van der Waals surface area contributed by atoms with Crippen LogP contribution in [0.15, 0.2) is 95.4 Å². The van der Waals surface area contributed by atoms with Gasteiger partial charge in [0.05, 0.1) is 23.7 Å². The molecule has 0 unspecified atom stereocenters. The van der Waals surface area contributed by atoms with Gasteiger partial charge in [-0.1, -0.05) is 42.5 Å². The quantitative estimate of drug-likeness (QED) is 0.263. The molecule has 0 saturated carbocycles. The SMILES string of the molecule is O=C1C(=Cc2nc3oc(-c4ccccc4)nc3n2-c2cncnc2)C(=O)c2cc3ccccc3cc21. The standard InChI is InChI=1S/C28H15N5O3/c34-24-20-10-17-8-4-5-9-18(17)11-21(20)25(35)22(24)12-23-31-28-26(33(23)19-13-29-15-30-14-19)32-27(36-28)16-6-2-1-3-7-16/h1-15H. The monoisotopic (exact) mass is 469 g/mol. The molecule has 8 heteroatoms. The lowest BCUT2D eigenvalue weighted by molar-refractivity contribution is 0.0990. The highest BCUT2D eigenvalue weighted by molar-refractivity contribution is 6.42. The zero-order valence-corrected chi connectivity index (χ0v) is 18.6. The summed E-state index contributed by atoms with van der Waals surface area (Å²) in [7, 11) is 0. The predicted molar refractivity (Wildman–Crippen MR) is 133 cm³/mol. The summed E-state index contributed by atoms with van der Waals surface area (Å²) >= 11 is 0. The normalized spacial score (nSPS) is 13.1. The smallest absolute Gasteiger partial charge is 0.267 e. The zero-order chi connectivity index (χ0) is 24.2. The molecule has 8 nitrogen and oxygen atoms in total. The van der Waals surface area contributed by atoms with Crippen LogP contribution in [0.2, 0.25) is 0 Å². The van der Waals surface area contributed by atoms with Crippen molar-refractivity contribution in [2.24, 2.45) is 0 Å². The average molecular weight is 469 g/mol. The maximum absolute atomic E-state index is 13.3. The van der Waals surface area contributed by atoms with Gasteiger partial charge in [0.1, 0.15) is 12.2 Å². The number of Topliss-reactive ketones (excluding diaryl/α,β-unsaturated/α-hetero) is 2. The molecule has 170 valence electrons. The number of nitrogens with zero attached hydrogens (tertiary/aromatic N) is 5. The summed E-state index contributed by atoms with van der Waals surface area (Å²) in [6.07, 6.45) is 6.11. The number of aromatic nitrogens is 5. The Hall–Kier alpha value is -5.24. The van der Waals surface area contributed by atoms with E-state index >= 15 is 0 Å². The minimum Gasteiger partial charge on any atom is -0.416 e. The Balaban J connectivity index is 1.40. The van der Waals surface area contributed by atoms with Crippen molar-refractivity contribution in [3.63, 3.8) is 0 Å². The number of imidazole rings is 1. The maximum Gasteiger partial charge on any atom is 0.267 e. The Morgan fingerprint density at radius 2 is 1.42 bits per heavy atom. The molecule has 0 amide bonds. The van der Waals surface area contributed by atoms with Crippen molar-refractivity contribution >= 4 is 39.8 Å². The highest BCUT2D eigenvalue weighted by atomic mass is 16.4. The Bertz CT molecular complexity index is 1810. The fourth-order valence-corrected chi connectivity index (χ4v) is 4.52. The second-order valence-electron chi connectivity index (χ2n) is 8.38. The predicted octanol–water partition coefficient (Wildman–Crippen LogP) is 5.09. The van der Waals surface area contributed by atoms with E-state index in [1.807, 2.05) is 54.6 Å². The van der Waals surface area contributed by atoms with Crippen LogP contribution in [-0.2, 0) is 0 Å². The number of carbonyl (C=O) groups is 2. The molecule has 3 heterocycles. The fourth-order valence-electron chi connectivity index (χ4n) is 4.52. The first kappa shape index (κ1) is 20.2. The molecule has 3 aromatic carbocycles. The molecule has 0 atom stereocenters. The van der Waals surface area contributed by atoms with Gasteiger partial charge in [-0.05, 0) is 41.1 Å². The largest absolute Gasteiger partial charge is 0.416 e. The first-order valence-corrected chi connectivity index (χ1v) is 11.2. The van der Waals surface area contributed by atoms with Gasteiger partial charge < -0.3 is 4.42 Å². The Morgan fingerprint density at radius 1 is 0.778 bits per heavy atom. The molecule has 1 aliphatic rings. The summed E-state index contributed by atoms with van der Waals surface area (Å²) < 4.78 is 7.63. The third kappa shape index (κ3) is 3.01. The molecule has 6 aromatic rings. The van der Waals surface area contributed by atoms with Crippen LogP contribution in [0.3, 0.4) is 0 Å². The molecule has 0 spiro atoms. The van der Waals surface area contributed by atoms with Gasteiger partial charge in [0, 0.05) is 16.7 Å². The van der Waals surface area contributed by atoms with E-state index in [1.54, 1.807) is 29.1 Å². The second-order valence-corrected chi connectivity index (χ2v) is 8.38. The van der Waals surface area contributed by atoms with Gasteiger partial charge in [0.2, 0.25) is 11.5 Å². The third-order valence-electron chi connectivity index (χ3n) is 6.21. The highest BCUT2D eigenvalue weighted by Gasteiger charge is 2.34. The summed E-state index contributed by atoms with van der Waals surface area (Å²) in [5, 5.41) is 1.80. The maximum atomic E-state index is 13.3. The van der Waals surface area contributed by atoms with Crippen molar-refractivity contribution in [2.75, 3.05) is 0 Å². The topological polar surface area (TPSA) is 104 Å². The molecule has 0 aliphatic heterocycles. The molecular weight excluding hydrogens is 454 g/mol. The Morgan fingerprint density at radius 3 is 2.08 bits per heavy atom. The van der Waals surface area contributed by atoms with Crippen molar-refractivity contribution in [3.8, 4) is 17.1 Å². The van der Waals surface area contributed by atoms with Crippen molar-refractivity contribution in [3.05, 3.63) is 108 Å². The Kier molecular flexibility index (Phi) is 4.28. The van der Waals surface area contributed by atoms with Gasteiger partial charge >= 0.3 is 0 Å². The van der Waals surface area contributed by atoms with E-state index in [4.69, 9.17) is 4.42 Å². The van der Waals surface area contributed by atoms with Gasteiger partial charge in [-0.3, -0.25) is 14.2 Å². The summed E-state index contributed by atoms with van der Waals surface area (Å²) in [6, 6.07) is 20.6. The van der Waals surface area contributed by atoms with Crippen molar-refractivity contribution in [2.45, 2.75) is 0 Å². The zero-order valence-electron chi connectivity index (χ0n) is 18.6. The Labute approximate surface area is 203 Å². The van der Waals surface area contributed by atoms with Crippen LogP contribution in [0.4, 0.5) is 0 Å². The van der Waals surface area contributed by atoms with E-state index in [1.165, 1.54) is 12.4 Å². The number of allylic oxidation sites excluding steroid dienone is 1. The third-order valence-corrected chi connectivity index (χ3v) is 6.21. The minimum absolute atomic E-state index is 0.0364. The van der Waals surface area contributed by atoms with Gasteiger partial charge in [-0.15, -0.1) is 0 Å². The lowest BCUT2D eigenvalue weighted by Gasteiger charge is -2.04. The number of fused-ring (bicyclic) bond motifs is 3. The van der Waals surface area contributed by atoms with Crippen molar-refractivity contribution in [1.29, 1.82) is 0 Å². The molecule has 1 aliphatic carbocycles. The number of benzene rings is 3. The van der Waals surface area contributed by atoms with Crippen LogP contribution in [0.1, 0.15) is 26.5 Å². The molecular formula is C28H15N5O3. The lowest BCUT2D eigenvalue weighted by Crippen LogP contribution is -2.04. The molecule has 0 radical (unpaired) electrons. The summed E-state index contributed by atoms with van der Waals surface area (Å²) in [4.78, 5) is 44.1. The summed E-state index contributed by atoms with van der Waals surface area (Å²) in [5.41, 5.74) is 2.88. The number of oxazole rings is 1. The summed E-state index contributed by atoms with van der Waals surface area (Å²) in [5.74, 6) is 0.0491.